The molecule has 3 nitrogen and oxygen atoms in total. The van der Waals surface area contributed by atoms with Gasteiger partial charge >= 0.3 is 0 Å². The van der Waals surface area contributed by atoms with Crippen molar-refractivity contribution in [3.63, 3.8) is 0 Å². The van der Waals surface area contributed by atoms with Crippen LogP contribution in [0.25, 0.3) is 0 Å². The number of carbonyl (C=O) groups is 1. The van der Waals surface area contributed by atoms with Crippen LogP contribution in [-0.2, 0) is 0 Å². The second-order valence-electron chi connectivity index (χ2n) is 5.68. The first-order chi connectivity index (χ1) is 9.56. The molecular weight excluding hydrogens is 255 g/mol. The van der Waals surface area contributed by atoms with Gasteiger partial charge < -0.3 is 4.90 Å². The number of hydrogen-bond acceptors (Lipinski definition) is 3. The molecule has 4 heteroatoms. The Labute approximate surface area is 120 Å². The van der Waals surface area contributed by atoms with Gasteiger partial charge in [0.2, 0.25) is 0 Å². The van der Waals surface area contributed by atoms with Crippen molar-refractivity contribution in [2.45, 2.75) is 25.8 Å². The van der Waals surface area contributed by atoms with Gasteiger partial charge in [-0.1, -0.05) is 0 Å². The Kier molecular flexibility index (Phi) is 5.26. The van der Waals surface area contributed by atoms with Crippen LogP contribution in [0.15, 0.2) is 24.3 Å². The summed E-state index contributed by atoms with van der Waals surface area (Å²) < 4.78 is 12.8. The summed E-state index contributed by atoms with van der Waals surface area (Å²) in [5, 5.41) is 0. The molecule has 0 bridgehead atoms. The van der Waals surface area contributed by atoms with Crippen LogP contribution in [0, 0.1) is 5.82 Å². The first-order valence-electron chi connectivity index (χ1n) is 7.27. The minimum Gasteiger partial charge on any atom is -0.305 e. The zero-order valence-corrected chi connectivity index (χ0v) is 12.3. The average Bonchev–Trinajstić information content (AvgIpc) is 2.57. The summed E-state index contributed by atoms with van der Waals surface area (Å²) in [4.78, 5) is 16.8. The van der Waals surface area contributed by atoms with Crippen molar-refractivity contribution in [3.8, 4) is 0 Å². The van der Waals surface area contributed by atoms with Gasteiger partial charge in [0, 0.05) is 31.1 Å². The molecule has 1 heterocycles. The molecule has 110 valence electrons. The fraction of sp³-hybridized carbons (Fsp3) is 0.562. The molecule has 1 aromatic carbocycles. The maximum atomic E-state index is 12.8. The summed E-state index contributed by atoms with van der Waals surface area (Å²) in [7, 11) is 2.14. The van der Waals surface area contributed by atoms with E-state index >= 15 is 0 Å². The molecule has 1 saturated heterocycles. The Balaban J connectivity index is 1.87. The Bertz CT molecular complexity index is 446. The van der Waals surface area contributed by atoms with E-state index in [0.717, 1.165) is 32.6 Å². The highest BCUT2D eigenvalue weighted by molar-refractivity contribution is 5.96. The van der Waals surface area contributed by atoms with Gasteiger partial charge in [0.25, 0.3) is 0 Å². The number of ketones is 1. The topological polar surface area (TPSA) is 23.6 Å². The van der Waals surface area contributed by atoms with Crippen LogP contribution in [0.5, 0.6) is 0 Å². The number of likely N-dealkylation sites (N-methyl/N-ethyl adjacent to an activating group) is 1. The molecule has 1 aliphatic rings. The Hall–Kier alpha value is -1.26. The van der Waals surface area contributed by atoms with Gasteiger partial charge in [0.05, 0.1) is 0 Å². The molecule has 1 aliphatic heterocycles. The van der Waals surface area contributed by atoms with Crippen molar-refractivity contribution in [1.29, 1.82) is 0 Å². The number of Topliss-reactive ketones (excluding diaryl/α,β-unsaturated/α-hetero) is 1. The van der Waals surface area contributed by atoms with Crippen molar-refractivity contribution < 1.29 is 9.18 Å². The molecule has 0 N–H and O–H groups in total. The molecule has 0 aliphatic carbocycles. The molecule has 20 heavy (non-hydrogen) atoms. The summed E-state index contributed by atoms with van der Waals surface area (Å²) in [6.45, 7) is 6.20. The third kappa shape index (κ3) is 4.12. The molecule has 0 amide bonds. The van der Waals surface area contributed by atoms with Crippen molar-refractivity contribution in [2.75, 3.05) is 33.2 Å². The fourth-order valence-electron chi connectivity index (χ4n) is 2.78. The highest BCUT2D eigenvalue weighted by Crippen LogP contribution is 2.11. The van der Waals surface area contributed by atoms with Gasteiger partial charge in [-0.15, -0.1) is 0 Å². The minimum absolute atomic E-state index is 0.0924. The molecule has 2 rings (SSSR count). The van der Waals surface area contributed by atoms with Crippen LogP contribution in [0.2, 0.25) is 0 Å². The van der Waals surface area contributed by atoms with E-state index in [0.29, 0.717) is 18.0 Å². The van der Waals surface area contributed by atoms with E-state index in [4.69, 9.17) is 0 Å². The lowest BCUT2D eigenvalue weighted by Gasteiger charge is -2.27. The quantitative estimate of drug-likeness (QED) is 0.790. The number of hydrogen-bond donors (Lipinski definition) is 0. The van der Waals surface area contributed by atoms with Crippen LogP contribution in [0.1, 0.15) is 30.1 Å². The summed E-state index contributed by atoms with van der Waals surface area (Å²) >= 11 is 0. The van der Waals surface area contributed by atoms with E-state index < -0.39 is 0 Å². The van der Waals surface area contributed by atoms with Crippen LogP contribution in [0.3, 0.4) is 0 Å². The van der Waals surface area contributed by atoms with Gasteiger partial charge in [-0.2, -0.15) is 0 Å². The molecule has 1 aromatic rings. The second-order valence-corrected chi connectivity index (χ2v) is 5.68. The molecule has 0 spiro atoms. The standard InChI is InChI=1S/C16H23FN2O/c1-13-12-18(2)9-3-10-19(13)11-8-16(20)14-4-6-15(17)7-5-14/h4-7,13H,3,8-12H2,1-2H3. The molecule has 0 saturated carbocycles. The summed E-state index contributed by atoms with van der Waals surface area (Å²) in [6, 6.07) is 6.30. The molecule has 0 aromatic heterocycles. The van der Waals surface area contributed by atoms with Crippen molar-refractivity contribution >= 4 is 5.78 Å². The smallest absolute Gasteiger partial charge is 0.164 e. The number of halogens is 1. The van der Waals surface area contributed by atoms with E-state index in [-0.39, 0.29) is 11.6 Å². The predicted molar refractivity (Wildman–Crippen MR) is 78.5 cm³/mol. The average molecular weight is 278 g/mol. The highest BCUT2D eigenvalue weighted by Gasteiger charge is 2.20. The maximum absolute atomic E-state index is 12.8. The molecule has 0 radical (unpaired) electrons. The van der Waals surface area contributed by atoms with Gasteiger partial charge in [0.15, 0.2) is 5.78 Å². The van der Waals surface area contributed by atoms with Gasteiger partial charge in [-0.05, 0) is 57.7 Å². The maximum Gasteiger partial charge on any atom is 0.164 e. The number of rotatable bonds is 4. The Morgan fingerprint density at radius 3 is 2.70 bits per heavy atom. The minimum atomic E-state index is -0.300. The van der Waals surface area contributed by atoms with Crippen LogP contribution in [-0.4, -0.2) is 54.9 Å². The molecule has 1 atom stereocenters. The summed E-state index contributed by atoms with van der Waals surface area (Å²) in [6.07, 6.45) is 1.64. The van der Waals surface area contributed by atoms with Gasteiger partial charge in [0.1, 0.15) is 5.82 Å². The zero-order valence-electron chi connectivity index (χ0n) is 12.3. The first-order valence-corrected chi connectivity index (χ1v) is 7.27. The van der Waals surface area contributed by atoms with Crippen LogP contribution < -0.4 is 0 Å². The molecule has 1 unspecified atom stereocenters. The fourth-order valence-corrected chi connectivity index (χ4v) is 2.78. The van der Waals surface area contributed by atoms with E-state index in [1.807, 2.05) is 0 Å². The third-order valence-corrected chi connectivity index (χ3v) is 3.98. The molecule has 1 fully saturated rings. The lowest BCUT2D eigenvalue weighted by molar-refractivity contribution is 0.0953. The SMILES string of the molecule is CC1CN(C)CCCN1CCC(=O)c1ccc(F)cc1. The second kappa shape index (κ2) is 6.95. The van der Waals surface area contributed by atoms with Gasteiger partial charge in [-0.3, -0.25) is 9.69 Å². The van der Waals surface area contributed by atoms with Crippen molar-refractivity contribution in [1.82, 2.24) is 9.80 Å². The Morgan fingerprint density at radius 2 is 2.00 bits per heavy atom. The molecular formula is C16H23FN2O. The Morgan fingerprint density at radius 1 is 1.30 bits per heavy atom. The number of nitrogens with zero attached hydrogens (tertiary/aromatic N) is 2. The largest absolute Gasteiger partial charge is 0.305 e. The first kappa shape index (κ1) is 15.1. The predicted octanol–water partition coefficient (Wildman–Crippen LogP) is 2.42. The zero-order chi connectivity index (χ0) is 14.5. The van der Waals surface area contributed by atoms with E-state index in [2.05, 4.69) is 23.8 Å². The van der Waals surface area contributed by atoms with E-state index in [1.165, 1.54) is 12.1 Å². The van der Waals surface area contributed by atoms with Crippen LogP contribution >= 0.6 is 0 Å². The van der Waals surface area contributed by atoms with Gasteiger partial charge in [-0.25, -0.2) is 4.39 Å². The highest BCUT2D eigenvalue weighted by atomic mass is 19.1. The third-order valence-electron chi connectivity index (χ3n) is 3.98. The van der Waals surface area contributed by atoms with Crippen molar-refractivity contribution in [2.24, 2.45) is 0 Å². The van der Waals surface area contributed by atoms with E-state index in [1.54, 1.807) is 12.1 Å². The summed E-state index contributed by atoms with van der Waals surface area (Å²) in [5.74, 6) is -0.208. The monoisotopic (exact) mass is 278 g/mol. The van der Waals surface area contributed by atoms with Crippen molar-refractivity contribution in [3.05, 3.63) is 35.6 Å². The van der Waals surface area contributed by atoms with Crippen LogP contribution in [0.4, 0.5) is 4.39 Å². The lowest BCUT2D eigenvalue weighted by atomic mass is 10.1. The lowest BCUT2D eigenvalue weighted by Crippen LogP contribution is -2.39. The van der Waals surface area contributed by atoms with E-state index in [9.17, 15) is 9.18 Å². The number of carbonyl (C=O) groups excluding carboxylic acids is 1. The normalized spacial score (nSPS) is 21.6. The number of benzene rings is 1. The summed E-state index contributed by atoms with van der Waals surface area (Å²) in [5.41, 5.74) is 0.603.